The fourth-order valence-electron chi connectivity index (χ4n) is 1.68. The molecule has 88 valence electrons. The summed E-state index contributed by atoms with van der Waals surface area (Å²) >= 11 is 0. The first-order valence-corrected chi connectivity index (χ1v) is 5.28. The van der Waals surface area contributed by atoms with Gasteiger partial charge in [0.15, 0.2) is 0 Å². The van der Waals surface area contributed by atoms with E-state index in [1.165, 1.54) is 34.6 Å². The predicted molar refractivity (Wildman–Crippen MR) is 65.1 cm³/mol. The molecule has 2 heteroatoms. The van der Waals surface area contributed by atoms with Crippen molar-refractivity contribution in [3.63, 3.8) is 0 Å². The maximum absolute atomic E-state index is 8.82. The zero-order valence-electron chi connectivity index (χ0n) is 20.0. The van der Waals surface area contributed by atoms with Gasteiger partial charge in [-0.2, -0.15) is 0 Å². The lowest BCUT2D eigenvalue weighted by Crippen LogP contribution is -2.60. The number of hydrogen-bond donors (Lipinski definition) is 0. The first kappa shape index (κ1) is 4.30. The Morgan fingerprint density at radius 3 is 2.00 bits per heavy atom. The van der Waals surface area contributed by atoms with Crippen molar-refractivity contribution in [3.8, 4) is 0 Å². The van der Waals surface area contributed by atoms with Crippen molar-refractivity contribution in [1.82, 2.24) is 9.80 Å². The van der Waals surface area contributed by atoms with Crippen molar-refractivity contribution in [2.75, 3.05) is 13.0 Å². The van der Waals surface area contributed by atoms with Crippen molar-refractivity contribution >= 4 is 0 Å². The topological polar surface area (TPSA) is 6.48 Å². The normalized spacial score (nSPS) is 67.1. The Balaban J connectivity index is 3.06. The van der Waals surface area contributed by atoms with Gasteiger partial charge in [0.2, 0.25) is 0 Å². The molecule has 2 aliphatic rings. The summed E-state index contributed by atoms with van der Waals surface area (Å²) in [6.07, 6.45) is -6.29. The highest BCUT2D eigenvalue weighted by molar-refractivity contribution is 5.01. The summed E-state index contributed by atoms with van der Waals surface area (Å²) < 4.78 is 85.0. The minimum absolute atomic E-state index is 0.644. The average Bonchev–Trinajstić information content (AvgIpc) is 2.41. The lowest BCUT2D eigenvalue weighted by Gasteiger charge is -2.49. The minimum atomic E-state index is -3.14. The highest BCUT2D eigenvalue weighted by Gasteiger charge is 2.44. The van der Waals surface area contributed by atoms with E-state index in [1.54, 1.807) is 0 Å². The van der Waals surface area contributed by atoms with Crippen molar-refractivity contribution in [2.45, 2.75) is 71.0 Å². The zero-order chi connectivity index (χ0) is 20.2. The second-order valence-corrected chi connectivity index (χ2v) is 5.14. The molecule has 15 heavy (non-hydrogen) atoms. The van der Waals surface area contributed by atoms with Gasteiger partial charge in [-0.05, 0) is 47.4 Å². The summed E-state index contributed by atoms with van der Waals surface area (Å²) in [6, 6.07) is -6.48. The molecule has 0 amide bonds. The molecule has 2 unspecified atom stereocenters. The number of hydrogen-bond acceptors (Lipinski definition) is 2. The molecule has 2 saturated heterocycles. The highest BCUT2D eigenvalue weighted by atomic mass is 15.4. The Bertz CT molecular complexity index is 544. The van der Waals surface area contributed by atoms with Gasteiger partial charge in [0.1, 0.15) is 0 Å². The van der Waals surface area contributed by atoms with E-state index in [4.69, 9.17) is 13.7 Å². The van der Waals surface area contributed by atoms with Crippen LogP contribution in [0.3, 0.4) is 0 Å². The molecule has 2 bridgehead atoms. The van der Waals surface area contributed by atoms with E-state index in [1.807, 2.05) is 0 Å². The third-order valence-electron chi connectivity index (χ3n) is 2.39. The summed E-state index contributed by atoms with van der Waals surface area (Å²) in [5, 5.41) is 0. The van der Waals surface area contributed by atoms with Crippen molar-refractivity contribution < 1.29 is 13.7 Å². The summed E-state index contributed by atoms with van der Waals surface area (Å²) in [7, 11) is 0. The molecule has 0 N–H and O–H groups in total. The quantitative estimate of drug-likeness (QED) is 0.669. The van der Waals surface area contributed by atoms with Crippen LogP contribution in [0.2, 0.25) is 0 Å². The van der Waals surface area contributed by atoms with Crippen LogP contribution in [0.4, 0.5) is 0 Å². The van der Waals surface area contributed by atoms with E-state index in [9.17, 15) is 0 Å². The van der Waals surface area contributed by atoms with Gasteiger partial charge in [0, 0.05) is 50.3 Å². The minimum Gasteiger partial charge on any atom is -0.298 e. The maximum atomic E-state index is 8.82. The van der Waals surface area contributed by atoms with Gasteiger partial charge in [-0.3, -0.25) is 9.80 Å². The van der Waals surface area contributed by atoms with Crippen LogP contribution in [-0.4, -0.2) is 46.4 Å². The molecule has 0 aromatic carbocycles. The Labute approximate surface area is 109 Å². The SMILES string of the molecule is [2H]C1([2H])N(C(C)C)C([2H])([2H])C2([2H])N(C(C)(C)C)C1([2H])C([2H])([2H])C2([2H])[2H]. The van der Waals surface area contributed by atoms with Crippen LogP contribution in [0.5, 0.6) is 0 Å². The number of rotatable bonds is 1. The molecule has 0 saturated carbocycles. The standard InChI is InChI=1S/C13H26N2/c1-10(2)14-8-11-6-7-12(9-14)15(11)13(3,4)5/h10-12H,6-9H2,1-5H3/i6D2,7D2,8D2,9D2,11D,12D. The molecule has 2 atom stereocenters. The lowest BCUT2D eigenvalue weighted by molar-refractivity contribution is -0.00801. The number of likely N-dealkylation sites (tertiary alicyclic amines) is 1. The largest absolute Gasteiger partial charge is 0.298 e. The Hall–Kier alpha value is -0.0800. The third kappa shape index (κ3) is 2.07. The second kappa shape index (κ2) is 3.74. The fraction of sp³-hybridized carbons (Fsp3) is 1.00. The maximum Gasteiger partial charge on any atom is 0.0481 e. The van der Waals surface area contributed by atoms with Gasteiger partial charge in [-0.15, -0.1) is 0 Å². The van der Waals surface area contributed by atoms with Gasteiger partial charge in [0.05, 0.1) is 0 Å². The molecule has 2 aliphatic heterocycles. The number of fused-ring (bicyclic) bond motifs is 2. The van der Waals surface area contributed by atoms with E-state index in [2.05, 4.69) is 0 Å². The van der Waals surface area contributed by atoms with Gasteiger partial charge in [0.25, 0.3) is 0 Å². The van der Waals surface area contributed by atoms with Crippen LogP contribution in [0, 0.1) is 0 Å². The van der Waals surface area contributed by atoms with Crippen molar-refractivity contribution in [2.24, 2.45) is 0 Å². The Morgan fingerprint density at radius 1 is 1.20 bits per heavy atom. The van der Waals surface area contributed by atoms with Crippen LogP contribution in [-0.2, 0) is 0 Å². The van der Waals surface area contributed by atoms with E-state index < -0.39 is 49.4 Å². The first-order valence-electron chi connectivity index (χ1n) is 10.3. The van der Waals surface area contributed by atoms with Gasteiger partial charge >= 0.3 is 0 Å². The van der Waals surface area contributed by atoms with E-state index in [0.717, 1.165) is 4.90 Å². The zero-order valence-corrected chi connectivity index (χ0v) is 9.97. The van der Waals surface area contributed by atoms with Gasteiger partial charge in [-0.25, -0.2) is 0 Å². The first-order chi connectivity index (χ1) is 10.7. The van der Waals surface area contributed by atoms with Crippen LogP contribution in [0.1, 0.15) is 61.1 Å². The van der Waals surface area contributed by atoms with Crippen molar-refractivity contribution in [1.29, 1.82) is 0 Å². The molecule has 2 nitrogen and oxygen atoms in total. The average molecular weight is 220 g/mol. The smallest absolute Gasteiger partial charge is 0.0481 e. The van der Waals surface area contributed by atoms with Gasteiger partial charge in [-0.1, -0.05) is 0 Å². The lowest BCUT2D eigenvalue weighted by atomic mass is 10.00. The molecule has 2 heterocycles. The Morgan fingerprint density at radius 2 is 1.67 bits per heavy atom. The molecule has 0 aromatic heterocycles. The monoisotopic (exact) mass is 220 g/mol. The summed E-state index contributed by atoms with van der Waals surface area (Å²) in [6.45, 7) is 1.71. The number of nitrogens with zero attached hydrogens (tertiary/aromatic N) is 2. The second-order valence-electron chi connectivity index (χ2n) is 5.14. The van der Waals surface area contributed by atoms with Crippen LogP contribution in [0.15, 0.2) is 0 Å². The Kier molecular flexibility index (Phi) is 1.07. The van der Waals surface area contributed by atoms with Crippen LogP contribution in [0.25, 0.3) is 0 Å². The highest BCUT2D eigenvalue weighted by Crippen LogP contribution is 2.36. The molecule has 2 rings (SSSR count). The molecule has 2 fully saturated rings. The number of piperazine rings is 1. The van der Waals surface area contributed by atoms with E-state index in [0.29, 0.717) is 4.90 Å². The molecule has 0 spiro atoms. The molecule has 0 aliphatic carbocycles. The molecule has 0 radical (unpaired) electrons. The summed E-state index contributed by atoms with van der Waals surface area (Å²) in [5.41, 5.74) is -1.23. The summed E-state index contributed by atoms with van der Waals surface area (Å²) in [4.78, 5) is 1.40. The van der Waals surface area contributed by atoms with Crippen LogP contribution < -0.4 is 0 Å². The van der Waals surface area contributed by atoms with E-state index in [-0.39, 0.29) is 0 Å². The summed E-state index contributed by atoms with van der Waals surface area (Å²) in [5.74, 6) is 0. The predicted octanol–water partition coefficient (Wildman–Crippen LogP) is 2.34. The van der Waals surface area contributed by atoms with Crippen LogP contribution >= 0.6 is 0 Å². The fourth-order valence-corrected chi connectivity index (χ4v) is 1.68. The van der Waals surface area contributed by atoms with Crippen molar-refractivity contribution in [3.05, 3.63) is 0 Å². The van der Waals surface area contributed by atoms with Gasteiger partial charge < -0.3 is 0 Å². The third-order valence-corrected chi connectivity index (χ3v) is 2.39. The molecule has 0 aromatic rings. The molecular weight excluding hydrogens is 184 g/mol. The van der Waals surface area contributed by atoms with E-state index >= 15 is 0 Å². The molecular formula is C13H26N2.